The normalized spacial score (nSPS) is 22.1. The highest BCUT2D eigenvalue weighted by Gasteiger charge is 2.46. The fourth-order valence-corrected chi connectivity index (χ4v) is 1.28. The maximum atomic E-state index is 11.5. The Morgan fingerprint density at radius 3 is 2.40 bits per heavy atom. The van der Waals surface area contributed by atoms with Crippen LogP contribution in [0.3, 0.4) is 0 Å². The number of ether oxygens (including phenoxy) is 1. The summed E-state index contributed by atoms with van der Waals surface area (Å²) in [5.74, 6) is -1.41. The summed E-state index contributed by atoms with van der Waals surface area (Å²) in [5, 5.41) is 8.75. The molecule has 1 N–H and O–H groups in total. The molecule has 0 aliphatic carbocycles. The molecular weight excluding hydrogens is 198 g/mol. The van der Waals surface area contributed by atoms with Crippen molar-refractivity contribution in [2.24, 2.45) is 5.92 Å². The third-order valence-corrected chi connectivity index (χ3v) is 2.25. The molecule has 0 spiro atoms. The van der Waals surface area contributed by atoms with Gasteiger partial charge in [0.2, 0.25) is 0 Å². The molecule has 1 saturated heterocycles. The molecule has 1 heterocycles. The molecule has 0 saturated carbocycles. The van der Waals surface area contributed by atoms with E-state index in [0.29, 0.717) is 6.54 Å². The molecule has 5 heteroatoms. The number of hydrogen-bond donors (Lipinski definition) is 1. The van der Waals surface area contributed by atoms with Gasteiger partial charge in [-0.1, -0.05) is 0 Å². The Labute approximate surface area is 89.0 Å². The summed E-state index contributed by atoms with van der Waals surface area (Å²) in [7, 11) is 0. The lowest BCUT2D eigenvalue weighted by molar-refractivity contribution is -0.141. The molecule has 1 aliphatic rings. The molecule has 2 unspecified atom stereocenters. The van der Waals surface area contributed by atoms with E-state index in [4.69, 9.17) is 9.84 Å². The smallest absolute Gasteiger partial charge is 0.410 e. The monoisotopic (exact) mass is 215 g/mol. The summed E-state index contributed by atoms with van der Waals surface area (Å²) in [6, 6.07) is -0.211. The first-order valence-corrected chi connectivity index (χ1v) is 4.95. The third kappa shape index (κ3) is 3.11. The molecule has 0 radical (unpaired) electrons. The lowest BCUT2D eigenvalue weighted by Crippen LogP contribution is -2.29. The number of carbonyl (C=O) groups excluding carboxylic acids is 1. The van der Waals surface area contributed by atoms with Crippen molar-refractivity contribution in [2.75, 3.05) is 6.54 Å². The molecule has 1 aliphatic heterocycles. The van der Waals surface area contributed by atoms with Crippen molar-refractivity contribution in [3.63, 3.8) is 0 Å². The van der Waals surface area contributed by atoms with Gasteiger partial charge in [0, 0.05) is 6.54 Å². The Kier molecular flexibility index (Phi) is 2.93. The Morgan fingerprint density at radius 2 is 2.00 bits per heavy atom. The minimum absolute atomic E-state index is 0.211. The fourth-order valence-electron chi connectivity index (χ4n) is 1.28. The second kappa shape index (κ2) is 3.72. The minimum Gasteiger partial charge on any atom is -0.481 e. The first-order valence-electron chi connectivity index (χ1n) is 4.95. The molecule has 0 aromatic heterocycles. The molecular formula is C10H17NO4. The van der Waals surface area contributed by atoms with Crippen LogP contribution in [0.5, 0.6) is 0 Å². The largest absolute Gasteiger partial charge is 0.481 e. The van der Waals surface area contributed by atoms with Gasteiger partial charge in [0.25, 0.3) is 0 Å². The van der Waals surface area contributed by atoms with Crippen LogP contribution in [0.1, 0.15) is 27.7 Å². The number of carboxylic acid groups (broad SMARTS) is 1. The molecule has 1 fully saturated rings. The molecule has 2 atom stereocenters. The van der Waals surface area contributed by atoms with Crippen LogP contribution in [0, 0.1) is 5.92 Å². The number of aliphatic carboxylic acids is 1. The Hall–Kier alpha value is -1.26. The Morgan fingerprint density at radius 1 is 1.47 bits per heavy atom. The second-order valence-electron chi connectivity index (χ2n) is 4.83. The van der Waals surface area contributed by atoms with Gasteiger partial charge in [0.1, 0.15) is 5.60 Å². The number of carbonyl (C=O) groups is 2. The van der Waals surface area contributed by atoms with E-state index in [0.717, 1.165) is 0 Å². The van der Waals surface area contributed by atoms with Gasteiger partial charge < -0.3 is 14.7 Å². The Bertz CT molecular complexity index is 282. The topological polar surface area (TPSA) is 66.6 Å². The van der Waals surface area contributed by atoms with Crippen molar-refractivity contribution >= 4 is 12.1 Å². The van der Waals surface area contributed by atoms with Gasteiger partial charge >= 0.3 is 12.1 Å². The van der Waals surface area contributed by atoms with Crippen LogP contribution in [-0.4, -0.2) is 40.3 Å². The highest BCUT2D eigenvalue weighted by Crippen LogP contribution is 2.27. The van der Waals surface area contributed by atoms with Crippen LogP contribution in [0.15, 0.2) is 0 Å². The average Bonchev–Trinajstić information content (AvgIpc) is 2.77. The van der Waals surface area contributed by atoms with Crippen molar-refractivity contribution in [2.45, 2.75) is 39.3 Å². The van der Waals surface area contributed by atoms with E-state index in [2.05, 4.69) is 0 Å². The van der Waals surface area contributed by atoms with Crippen LogP contribution in [0.4, 0.5) is 4.79 Å². The SMILES string of the molecule is CC(C(=O)O)C1CN1C(=O)OC(C)(C)C. The summed E-state index contributed by atoms with van der Waals surface area (Å²) >= 11 is 0. The standard InChI is InChI=1S/C10H17NO4/c1-6(8(12)13)7-5-11(7)9(14)15-10(2,3)4/h6-7H,5H2,1-4H3,(H,12,13). The molecule has 15 heavy (non-hydrogen) atoms. The minimum atomic E-state index is -0.883. The van der Waals surface area contributed by atoms with Crippen LogP contribution >= 0.6 is 0 Å². The van der Waals surface area contributed by atoms with Gasteiger partial charge in [-0.3, -0.25) is 4.79 Å². The van der Waals surface area contributed by atoms with Gasteiger partial charge in [-0.25, -0.2) is 4.79 Å². The quantitative estimate of drug-likeness (QED) is 0.705. The van der Waals surface area contributed by atoms with E-state index in [1.165, 1.54) is 4.90 Å². The summed E-state index contributed by atoms with van der Waals surface area (Å²) in [6.45, 7) is 7.41. The molecule has 0 aromatic carbocycles. The highest BCUT2D eigenvalue weighted by molar-refractivity contribution is 5.76. The average molecular weight is 215 g/mol. The number of hydrogen-bond acceptors (Lipinski definition) is 3. The first-order chi connectivity index (χ1) is 6.72. The van der Waals surface area contributed by atoms with E-state index in [9.17, 15) is 9.59 Å². The molecule has 0 bridgehead atoms. The van der Waals surface area contributed by atoms with E-state index in [1.807, 2.05) is 0 Å². The van der Waals surface area contributed by atoms with Crippen LogP contribution in [0.2, 0.25) is 0 Å². The van der Waals surface area contributed by atoms with Gasteiger partial charge in [-0.15, -0.1) is 0 Å². The molecule has 86 valence electrons. The summed E-state index contributed by atoms with van der Waals surface area (Å²) in [5.41, 5.74) is -0.531. The number of nitrogens with zero attached hydrogens (tertiary/aromatic N) is 1. The lowest BCUT2D eigenvalue weighted by Gasteiger charge is -2.20. The van der Waals surface area contributed by atoms with E-state index < -0.39 is 23.6 Å². The van der Waals surface area contributed by atoms with Gasteiger partial charge in [0.05, 0.1) is 12.0 Å². The predicted molar refractivity (Wildman–Crippen MR) is 53.5 cm³/mol. The van der Waals surface area contributed by atoms with Crippen molar-refractivity contribution in [1.29, 1.82) is 0 Å². The predicted octanol–water partition coefficient (Wildman–Crippen LogP) is 1.33. The van der Waals surface area contributed by atoms with Crippen LogP contribution < -0.4 is 0 Å². The van der Waals surface area contributed by atoms with E-state index >= 15 is 0 Å². The lowest BCUT2D eigenvalue weighted by atomic mass is 10.1. The molecule has 0 aromatic rings. The second-order valence-corrected chi connectivity index (χ2v) is 4.83. The van der Waals surface area contributed by atoms with E-state index in [-0.39, 0.29) is 6.04 Å². The fraction of sp³-hybridized carbons (Fsp3) is 0.800. The Balaban J connectivity index is 2.44. The van der Waals surface area contributed by atoms with Crippen molar-refractivity contribution in [1.82, 2.24) is 4.90 Å². The number of rotatable bonds is 2. The van der Waals surface area contributed by atoms with Crippen LogP contribution in [-0.2, 0) is 9.53 Å². The molecule has 1 amide bonds. The van der Waals surface area contributed by atoms with Gasteiger partial charge in [-0.05, 0) is 27.7 Å². The zero-order valence-corrected chi connectivity index (χ0v) is 9.48. The summed E-state index contributed by atoms with van der Waals surface area (Å²) < 4.78 is 5.12. The summed E-state index contributed by atoms with van der Waals surface area (Å²) in [4.78, 5) is 23.6. The van der Waals surface area contributed by atoms with Crippen molar-refractivity contribution in [3.05, 3.63) is 0 Å². The zero-order chi connectivity index (χ0) is 11.8. The molecule has 1 rings (SSSR count). The third-order valence-electron chi connectivity index (χ3n) is 2.25. The highest BCUT2D eigenvalue weighted by atomic mass is 16.6. The van der Waals surface area contributed by atoms with Crippen LogP contribution in [0.25, 0.3) is 0 Å². The maximum Gasteiger partial charge on any atom is 0.410 e. The number of amides is 1. The molecule has 5 nitrogen and oxygen atoms in total. The summed E-state index contributed by atoms with van der Waals surface area (Å²) in [6.07, 6.45) is -0.430. The number of carboxylic acids is 1. The maximum absolute atomic E-state index is 11.5. The first kappa shape index (κ1) is 11.8. The van der Waals surface area contributed by atoms with Gasteiger partial charge in [-0.2, -0.15) is 0 Å². The van der Waals surface area contributed by atoms with Crippen molar-refractivity contribution < 1.29 is 19.4 Å². The zero-order valence-electron chi connectivity index (χ0n) is 9.48. The van der Waals surface area contributed by atoms with Gasteiger partial charge in [0.15, 0.2) is 0 Å². The van der Waals surface area contributed by atoms with E-state index in [1.54, 1.807) is 27.7 Å². The van der Waals surface area contributed by atoms with Crippen molar-refractivity contribution in [3.8, 4) is 0 Å².